The third kappa shape index (κ3) is 2.89. The second-order valence-electron chi connectivity index (χ2n) is 3.82. The number of hydrogen-bond donors (Lipinski definition) is 1. The van der Waals surface area contributed by atoms with Crippen LogP contribution in [0.2, 0.25) is 5.02 Å². The molecule has 0 spiro atoms. The molecule has 6 heteroatoms. The van der Waals surface area contributed by atoms with Crippen LogP contribution in [0.5, 0.6) is 0 Å². The Labute approximate surface area is 114 Å². The summed E-state index contributed by atoms with van der Waals surface area (Å²) in [6.45, 7) is 2.08. The minimum absolute atomic E-state index is 0.0437. The van der Waals surface area contributed by atoms with Crippen molar-refractivity contribution in [2.75, 3.05) is 17.2 Å². The van der Waals surface area contributed by atoms with Gasteiger partial charge < -0.3 is 5.73 Å². The topological polar surface area (TPSA) is 56.0 Å². The molecular formula is C11H13ClN2OS2. The first-order valence-electron chi connectivity index (χ1n) is 5.28. The molecular weight excluding hydrogens is 276 g/mol. The summed E-state index contributed by atoms with van der Waals surface area (Å²) in [5.74, 6) is 2.41. The van der Waals surface area contributed by atoms with Crippen molar-refractivity contribution in [2.24, 2.45) is 0 Å². The number of thioether (sulfide) groups is 2. The fraction of sp³-hybridized carbons (Fsp3) is 0.455. The number of halogens is 1. The predicted octanol–water partition coefficient (Wildman–Crippen LogP) is 2.74. The van der Waals surface area contributed by atoms with Crippen LogP contribution in [0.15, 0.2) is 12.3 Å². The van der Waals surface area contributed by atoms with Gasteiger partial charge in [0, 0.05) is 23.0 Å². The molecule has 1 aliphatic heterocycles. The van der Waals surface area contributed by atoms with Gasteiger partial charge in [0.15, 0.2) is 5.78 Å². The fourth-order valence-electron chi connectivity index (χ4n) is 1.72. The first kappa shape index (κ1) is 13.1. The second-order valence-corrected chi connectivity index (χ2v) is 6.99. The third-order valence-corrected chi connectivity index (χ3v) is 5.89. The molecule has 1 fully saturated rings. The van der Waals surface area contributed by atoms with Crippen molar-refractivity contribution >= 4 is 46.7 Å². The van der Waals surface area contributed by atoms with E-state index in [1.165, 1.54) is 6.20 Å². The van der Waals surface area contributed by atoms with Crippen molar-refractivity contribution in [3.63, 3.8) is 0 Å². The van der Waals surface area contributed by atoms with Gasteiger partial charge in [-0.15, -0.1) is 11.8 Å². The zero-order valence-electron chi connectivity index (χ0n) is 9.35. The molecule has 0 saturated carbocycles. The van der Waals surface area contributed by atoms with Gasteiger partial charge >= 0.3 is 0 Å². The standard InChI is InChI=1S/C11H13ClN2OS2/c1-6-10(17-3-2-16-6)9(15)8-4-7(12)5-14-11(8)13/h4-6,10H,2-3H2,1H3,(H2,13,14). The van der Waals surface area contributed by atoms with Crippen LogP contribution >= 0.6 is 35.1 Å². The normalized spacial score (nSPS) is 24.6. The van der Waals surface area contributed by atoms with E-state index in [1.54, 1.807) is 17.8 Å². The number of anilines is 1. The maximum atomic E-state index is 12.4. The van der Waals surface area contributed by atoms with E-state index in [1.807, 2.05) is 11.8 Å². The van der Waals surface area contributed by atoms with E-state index in [0.717, 1.165) is 11.5 Å². The summed E-state index contributed by atoms with van der Waals surface area (Å²) < 4.78 is 0. The minimum atomic E-state index is -0.0451. The molecule has 1 saturated heterocycles. The molecule has 1 aromatic rings. The average molecular weight is 289 g/mol. The monoisotopic (exact) mass is 288 g/mol. The number of carbonyl (C=O) groups excluding carboxylic acids is 1. The van der Waals surface area contributed by atoms with E-state index in [9.17, 15) is 4.79 Å². The highest BCUT2D eigenvalue weighted by Gasteiger charge is 2.31. The number of nitrogens with zero attached hydrogens (tertiary/aromatic N) is 1. The molecule has 92 valence electrons. The molecule has 0 amide bonds. The van der Waals surface area contributed by atoms with Crippen LogP contribution in [0.3, 0.4) is 0 Å². The number of Topliss-reactive ketones (excluding diaryl/α,β-unsaturated/α-hetero) is 1. The van der Waals surface area contributed by atoms with Crippen LogP contribution in [0, 0.1) is 0 Å². The van der Waals surface area contributed by atoms with Gasteiger partial charge in [0.25, 0.3) is 0 Å². The van der Waals surface area contributed by atoms with E-state index in [2.05, 4.69) is 11.9 Å². The Kier molecular flexibility index (Phi) is 4.22. The molecule has 2 N–H and O–H groups in total. The molecule has 17 heavy (non-hydrogen) atoms. The maximum absolute atomic E-state index is 12.4. The van der Waals surface area contributed by atoms with Gasteiger partial charge in [-0.05, 0) is 6.07 Å². The molecule has 0 aliphatic carbocycles. The van der Waals surface area contributed by atoms with Crippen LogP contribution in [0.25, 0.3) is 0 Å². The van der Waals surface area contributed by atoms with Gasteiger partial charge in [0.05, 0.1) is 15.8 Å². The van der Waals surface area contributed by atoms with Gasteiger partial charge in [-0.25, -0.2) is 4.98 Å². The van der Waals surface area contributed by atoms with Crippen LogP contribution in [0.1, 0.15) is 17.3 Å². The Bertz CT molecular complexity index is 441. The number of ketones is 1. The van der Waals surface area contributed by atoms with Gasteiger partial charge in [-0.2, -0.15) is 11.8 Å². The van der Waals surface area contributed by atoms with Crippen molar-refractivity contribution in [1.29, 1.82) is 0 Å². The van der Waals surface area contributed by atoms with E-state index < -0.39 is 0 Å². The van der Waals surface area contributed by atoms with E-state index >= 15 is 0 Å². The summed E-state index contributed by atoms with van der Waals surface area (Å²) in [5, 5.41) is 0.708. The summed E-state index contributed by atoms with van der Waals surface area (Å²) in [6, 6.07) is 1.61. The molecule has 2 rings (SSSR count). The molecule has 0 bridgehead atoms. The molecule has 2 atom stereocenters. The number of nitrogens with two attached hydrogens (primary N) is 1. The zero-order valence-corrected chi connectivity index (χ0v) is 11.7. The highest BCUT2D eigenvalue weighted by Crippen LogP contribution is 2.34. The molecule has 2 unspecified atom stereocenters. The van der Waals surface area contributed by atoms with Crippen LogP contribution in [-0.2, 0) is 0 Å². The number of pyridine rings is 1. The lowest BCUT2D eigenvalue weighted by Gasteiger charge is -2.26. The molecule has 1 aliphatic rings. The van der Waals surface area contributed by atoms with Crippen molar-refractivity contribution in [2.45, 2.75) is 17.4 Å². The largest absolute Gasteiger partial charge is 0.383 e. The fourth-order valence-corrected chi connectivity index (χ4v) is 4.59. The highest BCUT2D eigenvalue weighted by molar-refractivity contribution is 8.07. The zero-order chi connectivity index (χ0) is 12.4. The maximum Gasteiger partial charge on any atom is 0.180 e. The second kappa shape index (κ2) is 5.50. The number of rotatable bonds is 2. The summed E-state index contributed by atoms with van der Waals surface area (Å²) >= 11 is 9.37. The van der Waals surface area contributed by atoms with Crippen LogP contribution in [-0.4, -0.2) is 32.8 Å². The molecule has 3 nitrogen and oxygen atoms in total. The van der Waals surface area contributed by atoms with Crippen LogP contribution < -0.4 is 5.73 Å². The minimum Gasteiger partial charge on any atom is -0.383 e. The average Bonchev–Trinajstić information content (AvgIpc) is 2.32. The van der Waals surface area contributed by atoms with Gasteiger partial charge in [-0.1, -0.05) is 18.5 Å². The number of aromatic nitrogens is 1. The molecule has 0 radical (unpaired) electrons. The van der Waals surface area contributed by atoms with Gasteiger partial charge in [0.1, 0.15) is 5.82 Å². The van der Waals surface area contributed by atoms with Crippen molar-refractivity contribution < 1.29 is 4.79 Å². The first-order chi connectivity index (χ1) is 8.09. The Morgan fingerprint density at radius 1 is 1.53 bits per heavy atom. The molecule has 0 aromatic carbocycles. The lowest BCUT2D eigenvalue weighted by molar-refractivity contribution is 0.0990. The quantitative estimate of drug-likeness (QED) is 0.848. The van der Waals surface area contributed by atoms with Crippen molar-refractivity contribution in [3.8, 4) is 0 Å². The Balaban J connectivity index is 2.26. The number of nitrogen functional groups attached to an aromatic ring is 1. The van der Waals surface area contributed by atoms with E-state index in [-0.39, 0.29) is 16.9 Å². The lowest BCUT2D eigenvalue weighted by Crippen LogP contribution is -2.31. The van der Waals surface area contributed by atoms with Crippen molar-refractivity contribution in [1.82, 2.24) is 4.98 Å². The highest BCUT2D eigenvalue weighted by atomic mass is 35.5. The Morgan fingerprint density at radius 2 is 2.24 bits per heavy atom. The summed E-state index contributed by atoms with van der Waals surface area (Å²) in [4.78, 5) is 16.3. The summed E-state index contributed by atoms with van der Waals surface area (Å²) in [6.07, 6.45) is 1.46. The van der Waals surface area contributed by atoms with Gasteiger partial charge in [-0.3, -0.25) is 4.79 Å². The van der Waals surface area contributed by atoms with E-state index in [4.69, 9.17) is 17.3 Å². The smallest absolute Gasteiger partial charge is 0.180 e. The predicted molar refractivity (Wildman–Crippen MR) is 76.2 cm³/mol. The van der Waals surface area contributed by atoms with Gasteiger partial charge in [0.2, 0.25) is 0 Å². The summed E-state index contributed by atoms with van der Waals surface area (Å²) in [5.41, 5.74) is 6.18. The lowest BCUT2D eigenvalue weighted by atomic mass is 10.1. The van der Waals surface area contributed by atoms with E-state index in [0.29, 0.717) is 15.8 Å². The summed E-state index contributed by atoms with van der Waals surface area (Å²) in [7, 11) is 0. The van der Waals surface area contributed by atoms with Crippen molar-refractivity contribution in [3.05, 3.63) is 22.8 Å². The SMILES string of the molecule is CC1SCCSC1C(=O)c1cc(Cl)cnc1N. The molecule has 1 aromatic heterocycles. The Morgan fingerprint density at radius 3 is 2.94 bits per heavy atom. The molecule has 2 heterocycles. The number of hydrogen-bond acceptors (Lipinski definition) is 5. The third-order valence-electron chi connectivity index (χ3n) is 2.60. The number of carbonyl (C=O) groups is 1. The Hall–Kier alpha value is -0.390. The first-order valence-corrected chi connectivity index (χ1v) is 7.75. The van der Waals surface area contributed by atoms with Crippen LogP contribution in [0.4, 0.5) is 5.82 Å².